The van der Waals surface area contributed by atoms with E-state index in [1.54, 1.807) is 0 Å². The molecule has 0 aliphatic carbocycles. The zero-order valence-electron chi connectivity index (χ0n) is 11.3. The van der Waals surface area contributed by atoms with Crippen LogP contribution in [0.3, 0.4) is 0 Å². The lowest BCUT2D eigenvalue weighted by Crippen LogP contribution is -2.44. The van der Waals surface area contributed by atoms with Crippen LogP contribution in [0.5, 0.6) is 0 Å². The van der Waals surface area contributed by atoms with Crippen molar-refractivity contribution in [1.29, 1.82) is 0 Å². The van der Waals surface area contributed by atoms with Crippen LogP contribution in [0.15, 0.2) is 0 Å². The normalized spacial score (nSPS) is 31.1. The number of nitrogens with zero attached hydrogens (tertiary/aromatic N) is 2. The van der Waals surface area contributed by atoms with Gasteiger partial charge < -0.3 is 19.6 Å². The fraction of sp³-hybridized carbons (Fsp3) is 0.923. The molecular formula is C13H24N2O3. The van der Waals surface area contributed by atoms with Crippen molar-refractivity contribution in [1.82, 2.24) is 9.80 Å². The topological polar surface area (TPSA) is 53.0 Å². The van der Waals surface area contributed by atoms with Crippen molar-refractivity contribution in [3.05, 3.63) is 0 Å². The fourth-order valence-electron chi connectivity index (χ4n) is 2.93. The van der Waals surface area contributed by atoms with E-state index in [0.717, 1.165) is 26.1 Å². The summed E-state index contributed by atoms with van der Waals surface area (Å²) in [5, 5.41) is 8.90. The van der Waals surface area contributed by atoms with E-state index in [9.17, 15) is 4.79 Å². The molecule has 104 valence electrons. The summed E-state index contributed by atoms with van der Waals surface area (Å²) < 4.78 is 5.55. The van der Waals surface area contributed by atoms with Gasteiger partial charge in [-0.2, -0.15) is 0 Å². The van der Waals surface area contributed by atoms with Gasteiger partial charge in [0.05, 0.1) is 6.10 Å². The van der Waals surface area contributed by atoms with Crippen molar-refractivity contribution in [3.63, 3.8) is 0 Å². The van der Waals surface area contributed by atoms with Crippen molar-refractivity contribution in [3.8, 4) is 0 Å². The van der Waals surface area contributed by atoms with Crippen LogP contribution in [-0.2, 0) is 9.53 Å². The smallest absolute Gasteiger partial charge is 0.332 e. The monoisotopic (exact) mass is 256 g/mol. The molecule has 0 unspecified atom stereocenters. The third-order valence-electron chi connectivity index (χ3n) is 4.19. The molecule has 0 amide bonds. The largest absolute Gasteiger partial charge is 0.479 e. The Hall–Kier alpha value is -0.650. The predicted molar refractivity (Wildman–Crippen MR) is 68.7 cm³/mol. The number of ether oxygens (including phenoxy) is 1. The second-order valence-electron chi connectivity index (χ2n) is 5.64. The minimum atomic E-state index is -0.820. The fourth-order valence-corrected chi connectivity index (χ4v) is 2.93. The number of carbonyl (C=O) groups is 1. The minimum absolute atomic E-state index is 0.0933. The van der Waals surface area contributed by atoms with Gasteiger partial charge in [0.2, 0.25) is 0 Å². The summed E-state index contributed by atoms with van der Waals surface area (Å²) in [5.41, 5.74) is 0. The van der Waals surface area contributed by atoms with Crippen LogP contribution in [0.25, 0.3) is 0 Å². The van der Waals surface area contributed by atoms with E-state index in [0.29, 0.717) is 12.5 Å². The molecule has 0 saturated carbocycles. The van der Waals surface area contributed by atoms with Gasteiger partial charge in [0.1, 0.15) is 0 Å². The summed E-state index contributed by atoms with van der Waals surface area (Å²) in [6.07, 6.45) is 3.43. The van der Waals surface area contributed by atoms with Crippen molar-refractivity contribution in [2.75, 3.05) is 33.7 Å². The van der Waals surface area contributed by atoms with Gasteiger partial charge in [-0.25, -0.2) is 4.79 Å². The molecule has 0 aromatic rings. The lowest BCUT2D eigenvalue weighted by atomic mass is 10.0. The molecule has 0 bridgehead atoms. The molecule has 0 radical (unpaired) electrons. The van der Waals surface area contributed by atoms with Crippen molar-refractivity contribution < 1.29 is 14.6 Å². The Morgan fingerprint density at radius 3 is 2.56 bits per heavy atom. The van der Waals surface area contributed by atoms with Crippen LogP contribution in [0.2, 0.25) is 0 Å². The highest BCUT2D eigenvalue weighted by atomic mass is 16.5. The summed E-state index contributed by atoms with van der Waals surface area (Å²) >= 11 is 0. The molecule has 2 heterocycles. The van der Waals surface area contributed by atoms with Crippen molar-refractivity contribution >= 4 is 5.97 Å². The van der Waals surface area contributed by atoms with Gasteiger partial charge in [0.25, 0.3) is 0 Å². The molecular weight excluding hydrogens is 232 g/mol. The first kappa shape index (κ1) is 13.8. The first-order chi connectivity index (χ1) is 8.56. The van der Waals surface area contributed by atoms with Crippen LogP contribution in [0, 0.1) is 0 Å². The van der Waals surface area contributed by atoms with Gasteiger partial charge in [0.15, 0.2) is 6.10 Å². The number of piperidine rings is 1. The van der Waals surface area contributed by atoms with E-state index in [-0.39, 0.29) is 6.10 Å². The number of carboxylic acids is 1. The highest BCUT2D eigenvalue weighted by Crippen LogP contribution is 2.22. The number of hydrogen-bond acceptors (Lipinski definition) is 4. The number of rotatable bonds is 4. The first-order valence-corrected chi connectivity index (χ1v) is 6.83. The van der Waals surface area contributed by atoms with Gasteiger partial charge in [-0.1, -0.05) is 0 Å². The Bertz CT molecular complexity index is 290. The van der Waals surface area contributed by atoms with Gasteiger partial charge in [-0.15, -0.1) is 0 Å². The summed E-state index contributed by atoms with van der Waals surface area (Å²) in [6.45, 7) is 3.16. The van der Waals surface area contributed by atoms with E-state index < -0.39 is 12.1 Å². The predicted octanol–water partition coefficient (Wildman–Crippen LogP) is 0.645. The van der Waals surface area contributed by atoms with E-state index in [1.165, 1.54) is 12.8 Å². The molecule has 2 aliphatic heterocycles. The Morgan fingerprint density at radius 2 is 2.00 bits per heavy atom. The maximum Gasteiger partial charge on any atom is 0.332 e. The number of hydrogen-bond donors (Lipinski definition) is 1. The molecule has 0 spiro atoms. The van der Waals surface area contributed by atoms with E-state index in [4.69, 9.17) is 9.84 Å². The zero-order chi connectivity index (χ0) is 13.1. The highest BCUT2D eigenvalue weighted by molar-refractivity contribution is 5.72. The average molecular weight is 256 g/mol. The van der Waals surface area contributed by atoms with Crippen LogP contribution in [-0.4, -0.2) is 72.9 Å². The minimum Gasteiger partial charge on any atom is -0.479 e. The van der Waals surface area contributed by atoms with Crippen LogP contribution < -0.4 is 0 Å². The Balaban J connectivity index is 1.74. The second kappa shape index (κ2) is 5.99. The second-order valence-corrected chi connectivity index (χ2v) is 5.64. The summed E-state index contributed by atoms with van der Waals surface area (Å²) in [4.78, 5) is 15.5. The number of aliphatic carboxylic acids is 1. The maximum absolute atomic E-state index is 10.8. The van der Waals surface area contributed by atoms with E-state index in [1.807, 2.05) is 0 Å². The average Bonchev–Trinajstić information content (AvgIpc) is 2.78. The Morgan fingerprint density at radius 1 is 1.33 bits per heavy atom. The Kier molecular flexibility index (Phi) is 4.59. The molecule has 2 aliphatic rings. The summed E-state index contributed by atoms with van der Waals surface area (Å²) in [6, 6.07) is 0.619. The molecule has 2 fully saturated rings. The molecule has 1 N–H and O–H groups in total. The highest BCUT2D eigenvalue weighted by Gasteiger charge is 2.32. The van der Waals surface area contributed by atoms with Gasteiger partial charge >= 0.3 is 5.97 Å². The number of likely N-dealkylation sites (N-methyl/N-ethyl adjacent to an activating group) is 1. The number of carboxylic acid groups (broad SMARTS) is 1. The van der Waals surface area contributed by atoms with Gasteiger partial charge in [-0.3, -0.25) is 0 Å². The van der Waals surface area contributed by atoms with Gasteiger partial charge in [0, 0.05) is 12.6 Å². The van der Waals surface area contributed by atoms with Crippen LogP contribution >= 0.6 is 0 Å². The lowest BCUT2D eigenvalue weighted by Gasteiger charge is -2.36. The third kappa shape index (κ3) is 3.43. The quantitative estimate of drug-likeness (QED) is 0.800. The SMILES string of the molecule is CN1CCC(N(C)C[C@H]2CC[C@@H](C(=O)O)O2)CC1. The molecule has 5 heteroatoms. The van der Waals surface area contributed by atoms with Crippen LogP contribution in [0.1, 0.15) is 25.7 Å². The van der Waals surface area contributed by atoms with Gasteiger partial charge in [-0.05, 0) is 52.9 Å². The molecule has 2 rings (SSSR count). The molecule has 2 saturated heterocycles. The molecule has 5 nitrogen and oxygen atoms in total. The summed E-state index contributed by atoms with van der Waals surface area (Å²) in [5.74, 6) is -0.820. The third-order valence-corrected chi connectivity index (χ3v) is 4.19. The Labute approximate surface area is 109 Å². The molecule has 2 atom stereocenters. The lowest BCUT2D eigenvalue weighted by molar-refractivity contribution is -0.149. The zero-order valence-corrected chi connectivity index (χ0v) is 11.3. The summed E-state index contributed by atoms with van der Waals surface area (Å²) in [7, 11) is 4.29. The van der Waals surface area contributed by atoms with Crippen LogP contribution in [0.4, 0.5) is 0 Å². The molecule has 0 aromatic carbocycles. The molecule has 0 aromatic heterocycles. The number of likely N-dealkylation sites (tertiary alicyclic amines) is 1. The van der Waals surface area contributed by atoms with E-state index in [2.05, 4.69) is 23.9 Å². The van der Waals surface area contributed by atoms with E-state index >= 15 is 0 Å². The first-order valence-electron chi connectivity index (χ1n) is 6.83. The van der Waals surface area contributed by atoms with Crippen molar-refractivity contribution in [2.45, 2.75) is 43.9 Å². The maximum atomic E-state index is 10.8. The standard InChI is InChI=1S/C13H24N2O3/c1-14-7-5-10(6-8-14)15(2)9-11-3-4-12(18-11)13(16)17/h10-12H,3-9H2,1-2H3,(H,16,17)/t11-,12+/m1/s1. The van der Waals surface area contributed by atoms with Crippen molar-refractivity contribution in [2.24, 2.45) is 0 Å². The molecule has 18 heavy (non-hydrogen) atoms.